The Bertz CT molecular complexity index is 1190. The maximum Gasteiger partial charge on any atom is 0.319 e. The van der Waals surface area contributed by atoms with E-state index in [-0.39, 0.29) is 28.7 Å². The molecule has 2 aliphatic carbocycles. The van der Waals surface area contributed by atoms with Gasteiger partial charge >= 0.3 is 6.03 Å². The number of hydrogen-bond donors (Lipinski definition) is 3. The first-order valence-corrected chi connectivity index (χ1v) is 15.4. The van der Waals surface area contributed by atoms with E-state index in [1.54, 1.807) is 13.8 Å². The second kappa shape index (κ2) is 11.5. The second-order valence-electron chi connectivity index (χ2n) is 11.8. The SMILES string of the molecule is C[C@H]1COCCN1c1cc(C2(S(=O)C3CCCCC3)CC2)nc(-c2ccc(NC(=O)NC(C)(C)CO)cc2)n1. The number of aromatic nitrogens is 2. The van der Waals surface area contributed by atoms with Crippen LogP contribution in [-0.4, -0.2) is 68.5 Å². The number of morpholine rings is 1. The minimum atomic E-state index is -0.969. The van der Waals surface area contributed by atoms with Gasteiger partial charge in [0.05, 0.1) is 41.8 Å². The molecule has 212 valence electrons. The van der Waals surface area contributed by atoms with Gasteiger partial charge in [-0.2, -0.15) is 0 Å². The number of nitrogens with one attached hydrogen (secondary N) is 2. The number of benzene rings is 1. The minimum Gasteiger partial charge on any atom is -0.394 e. The first kappa shape index (κ1) is 28.0. The average Bonchev–Trinajstić information content (AvgIpc) is 3.75. The number of nitrogens with zero attached hydrogens (tertiary/aromatic N) is 3. The molecule has 2 amide bonds. The summed E-state index contributed by atoms with van der Waals surface area (Å²) in [6.07, 6.45) is 7.43. The molecule has 2 aromatic rings. The van der Waals surface area contributed by atoms with Gasteiger partial charge in [0, 0.05) is 39.9 Å². The Balaban J connectivity index is 1.44. The lowest BCUT2D eigenvalue weighted by molar-refractivity contribution is 0.0985. The van der Waals surface area contributed by atoms with E-state index < -0.39 is 16.3 Å². The van der Waals surface area contributed by atoms with Gasteiger partial charge in [-0.05, 0) is 70.7 Å². The molecule has 0 radical (unpaired) electrons. The van der Waals surface area contributed by atoms with Gasteiger partial charge < -0.3 is 25.4 Å². The smallest absolute Gasteiger partial charge is 0.319 e. The number of urea groups is 1. The number of carbonyl (C=O) groups is 1. The zero-order valence-electron chi connectivity index (χ0n) is 23.2. The molecule has 1 aliphatic heterocycles. The van der Waals surface area contributed by atoms with Gasteiger partial charge in [0.25, 0.3) is 0 Å². The molecule has 9 nitrogen and oxygen atoms in total. The highest BCUT2D eigenvalue weighted by molar-refractivity contribution is 7.87. The molecule has 5 rings (SSSR count). The molecule has 3 fully saturated rings. The van der Waals surface area contributed by atoms with Gasteiger partial charge in [0.15, 0.2) is 5.82 Å². The van der Waals surface area contributed by atoms with Gasteiger partial charge in [-0.1, -0.05) is 19.3 Å². The summed E-state index contributed by atoms with van der Waals surface area (Å²) < 4.78 is 19.2. The molecule has 1 saturated heterocycles. The van der Waals surface area contributed by atoms with Crippen LogP contribution in [0.3, 0.4) is 0 Å². The molecular formula is C29H41N5O4S. The Kier molecular flexibility index (Phi) is 8.26. The largest absolute Gasteiger partial charge is 0.394 e. The number of anilines is 2. The van der Waals surface area contributed by atoms with E-state index in [0.717, 1.165) is 62.1 Å². The molecule has 2 saturated carbocycles. The van der Waals surface area contributed by atoms with Crippen LogP contribution in [0.4, 0.5) is 16.3 Å². The van der Waals surface area contributed by atoms with Crippen molar-refractivity contribution in [1.82, 2.24) is 15.3 Å². The van der Waals surface area contributed by atoms with E-state index in [1.807, 2.05) is 24.3 Å². The van der Waals surface area contributed by atoms with Crippen molar-refractivity contribution in [3.8, 4) is 11.4 Å². The van der Waals surface area contributed by atoms with E-state index in [1.165, 1.54) is 6.42 Å². The molecule has 3 aliphatic rings. The summed E-state index contributed by atoms with van der Waals surface area (Å²) in [5.41, 5.74) is 1.62. The maximum atomic E-state index is 13.9. The van der Waals surface area contributed by atoms with E-state index in [9.17, 15) is 14.1 Å². The van der Waals surface area contributed by atoms with Crippen LogP contribution in [-0.2, 0) is 20.3 Å². The van der Waals surface area contributed by atoms with Gasteiger partial charge in [-0.25, -0.2) is 14.8 Å². The molecule has 0 bridgehead atoms. The predicted molar refractivity (Wildman–Crippen MR) is 154 cm³/mol. The minimum absolute atomic E-state index is 0.163. The number of ether oxygens (including phenoxy) is 1. The van der Waals surface area contributed by atoms with Gasteiger partial charge in [-0.3, -0.25) is 4.21 Å². The van der Waals surface area contributed by atoms with E-state index in [4.69, 9.17) is 14.7 Å². The van der Waals surface area contributed by atoms with Crippen LogP contribution in [0.15, 0.2) is 30.3 Å². The number of aliphatic hydroxyl groups is 1. The third kappa shape index (κ3) is 6.28. The first-order chi connectivity index (χ1) is 18.7. The highest BCUT2D eigenvalue weighted by Gasteiger charge is 2.54. The molecule has 1 aromatic carbocycles. The third-order valence-corrected chi connectivity index (χ3v) is 10.5. The maximum absolute atomic E-state index is 13.9. The lowest BCUT2D eigenvalue weighted by atomic mass is 10.0. The van der Waals surface area contributed by atoms with E-state index >= 15 is 0 Å². The molecule has 3 N–H and O–H groups in total. The summed E-state index contributed by atoms with van der Waals surface area (Å²) in [6, 6.07) is 9.31. The molecule has 2 atom stereocenters. The number of rotatable bonds is 8. The summed E-state index contributed by atoms with van der Waals surface area (Å²) in [5.74, 6) is 1.45. The quantitative estimate of drug-likeness (QED) is 0.444. The summed E-state index contributed by atoms with van der Waals surface area (Å²) >= 11 is 0. The number of carbonyl (C=O) groups excluding carboxylic acids is 1. The van der Waals surface area contributed by atoms with Crippen molar-refractivity contribution in [3.05, 3.63) is 36.0 Å². The lowest BCUT2D eigenvalue weighted by Crippen LogP contribution is -2.48. The van der Waals surface area contributed by atoms with Gasteiger partial charge in [-0.15, -0.1) is 0 Å². The van der Waals surface area contributed by atoms with Gasteiger partial charge in [0.2, 0.25) is 0 Å². The number of amides is 2. The fourth-order valence-electron chi connectivity index (χ4n) is 5.50. The Morgan fingerprint density at radius 2 is 1.90 bits per heavy atom. The Hall–Kier alpha value is -2.56. The van der Waals surface area contributed by atoms with Crippen molar-refractivity contribution in [2.75, 3.05) is 36.6 Å². The van der Waals surface area contributed by atoms with Crippen LogP contribution in [0.5, 0.6) is 0 Å². The van der Waals surface area contributed by atoms with Crippen LogP contribution < -0.4 is 15.5 Å². The molecule has 10 heteroatoms. The summed E-state index contributed by atoms with van der Waals surface area (Å²) in [4.78, 5) is 24.6. The van der Waals surface area contributed by atoms with Crippen LogP contribution in [0.25, 0.3) is 11.4 Å². The summed E-state index contributed by atoms with van der Waals surface area (Å²) in [7, 11) is -0.969. The van der Waals surface area contributed by atoms with Crippen LogP contribution in [0.1, 0.15) is 71.4 Å². The van der Waals surface area contributed by atoms with Crippen molar-refractivity contribution in [2.24, 2.45) is 0 Å². The fourth-order valence-corrected chi connectivity index (χ4v) is 7.71. The van der Waals surface area contributed by atoms with Crippen LogP contribution in [0, 0.1) is 0 Å². The van der Waals surface area contributed by atoms with E-state index in [0.29, 0.717) is 24.7 Å². The Morgan fingerprint density at radius 3 is 2.54 bits per heavy atom. The van der Waals surface area contributed by atoms with Crippen molar-refractivity contribution < 1.29 is 18.8 Å². The van der Waals surface area contributed by atoms with Gasteiger partial charge in [0.1, 0.15) is 5.82 Å². The average molecular weight is 556 g/mol. The highest BCUT2D eigenvalue weighted by atomic mass is 32.2. The van der Waals surface area contributed by atoms with Crippen molar-refractivity contribution in [3.63, 3.8) is 0 Å². The monoisotopic (exact) mass is 555 g/mol. The van der Waals surface area contributed by atoms with Crippen LogP contribution in [0.2, 0.25) is 0 Å². The predicted octanol–water partition coefficient (Wildman–Crippen LogP) is 4.33. The summed E-state index contributed by atoms with van der Waals surface area (Å²) in [5, 5.41) is 15.2. The molecular weight excluding hydrogens is 514 g/mol. The Labute approximate surface area is 233 Å². The highest BCUT2D eigenvalue weighted by Crippen LogP contribution is 2.53. The third-order valence-electron chi connectivity index (χ3n) is 8.03. The number of hydrogen-bond acceptors (Lipinski definition) is 7. The zero-order valence-corrected chi connectivity index (χ0v) is 24.1. The second-order valence-corrected chi connectivity index (χ2v) is 13.8. The van der Waals surface area contributed by atoms with Crippen LogP contribution >= 0.6 is 0 Å². The normalized spacial score (nSPS) is 22.3. The van der Waals surface area contributed by atoms with Crippen molar-refractivity contribution >= 4 is 28.3 Å². The molecule has 2 heterocycles. The molecule has 39 heavy (non-hydrogen) atoms. The first-order valence-electron chi connectivity index (χ1n) is 14.2. The summed E-state index contributed by atoms with van der Waals surface area (Å²) in [6.45, 7) is 7.51. The standard InChI is InChI=1S/C29H41N5O4S/c1-20-18-38-16-15-34(20)25-17-24(29(13-14-29)39(37)23-7-5-4-6-8-23)31-26(32-25)21-9-11-22(12-10-21)30-27(36)33-28(2,3)19-35/h9-12,17,20,23,35H,4-8,13-16,18-19H2,1-3H3,(H2,30,33,36)/t20-,39?/m0/s1. The number of aliphatic hydroxyl groups excluding tert-OH is 1. The van der Waals surface area contributed by atoms with E-state index in [2.05, 4.69) is 28.5 Å². The molecule has 1 aromatic heterocycles. The molecule has 1 unspecified atom stereocenters. The fraction of sp³-hybridized carbons (Fsp3) is 0.621. The van der Waals surface area contributed by atoms with Crippen molar-refractivity contribution in [2.45, 2.75) is 87.3 Å². The van der Waals surface area contributed by atoms with Crippen molar-refractivity contribution in [1.29, 1.82) is 0 Å². The Morgan fingerprint density at radius 1 is 1.18 bits per heavy atom. The molecule has 0 spiro atoms. The topological polar surface area (TPSA) is 117 Å². The lowest BCUT2D eigenvalue weighted by Gasteiger charge is -2.35. The zero-order chi connectivity index (χ0) is 27.6.